The number of hydrogen-bond acceptors (Lipinski definition) is 3. The zero-order chi connectivity index (χ0) is 13.7. The van der Waals surface area contributed by atoms with Crippen LogP contribution in [0.1, 0.15) is 45.4 Å². The van der Waals surface area contributed by atoms with E-state index in [2.05, 4.69) is 9.80 Å². The molecule has 0 bridgehead atoms. The van der Waals surface area contributed by atoms with Crippen molar-refractivity contribution in [2.45, 2.75) is 51.6 Å². The summed E-state index contributed by atoms with van der Waals surface area (Å²) in [6.07, 6.45) is 5.99. The molecule has 0 radical (unpaired) electrons. The second-order valence-electron chi connectivity index (χ2n) is 6.10. The maximum absolute atomic E-state index is 11.8. The summed E-state index contributed by atoms with van der Waals surface area (Å²) in [7, 11) is 0. The molecule has 2 fully saturated rings. The van der Waals surface area contributed by atoms with E-state index in [-0.39, 0.29) is 6.10 Å². The normalized spacial score (nSPS) is 24.7. The molecule has 1 N–H and O–H groups in total. The molecule has 19 heavy (non-hydrogen) atoms. The Morgan fingerprint density at radius 2 is 2.00 bits per heavy atom. The highest BCUT2D eigenvalue weighted by Gasteiger charge is 2.25. The number of nitrogens with zero attached hydrogens (tertiary/aromatic N) is 2. The molecule has 0 aliphatic carbocycles. The first-order chi connectivity index (χ1) is 9.19. The van der Waals surface area contributed by atoms with Crippen LogP contribution in [0.4, 0.5) is 0 Å². The highest BCUT2D eigenvalue weighted by Crippen LogP contribution is 2.21. The first-order valence-corrected chi connectivity index (χ1v) is 7.87. The first-order valence-electron chi connectivity index (χ1n) is 7.87. The zero-order valence-electron chi connectivity index (χ0n) is 12.2. The predicted molar refractivity (Wildman–Crippen MR) is 75.9 cm³/mol. The molecular weight excluding hydrogens is 240 g/mol. The van der Waals surface area contributed by atoms with Crippen LogP contribution >= 0.6 is 0 Å². The van der Waals surface area contributed by atoms with Crippen LogP contribution in [0.25, 0.3) is 0 Å². The monoisotopic (exact) mass is 268 g/mol. The van der Waals surface area contributed by atoms with Crippen LogP contribution in [0, 0.1) is 5.92 Å². The summed E-state index contributed by atoms with van der Waals surface area (Å²) in [5.74, 6) is 1.02. The summed E-state index contributed by atoms with van der Waals surface area (Å²) in [6.45, 7) is 6.91. The van der Waals surface area contributed by atoms with Crippen LogP contribution in [0.2, 0.25) is 0 Å². The topological polar surface area (TPSA) is 43.8 Å². The molecule has 2 rings (SSSR count). The minimum atomic E-state index is -0.180. The second-order valence-corrected chi connectivity index (χ2v) is 6.10. The van der Waals surface area contributed by atoms with Gasteiger partial charge in [-0.3, -0.25) is 4.79 Å². The fraction of sp³-hybridized carbons (Fsp3) is 0.933. The van der Waals surface area contributed by atoms with Gasteiger partial charge in [-0.1, -0.05) is 6.92 Å². The smallest absolute Gasteiger partial charge is 0.222 e. The average Bonchev–Trinajstić information content (AvgIpc) is 2.43. The fourth-order valence-electron chi connectivity index (χ4n) is 3.15. The summed E-state index contributed by atoms with van der Waals surface area (Å²) >= 11 is 0. The number of likely N-dealkylation sites (tertiary alicyclic amines) is 2. The third-order valence-electron chi connectivity index (χ3n) is 4.55. The number of piperidine rings is 2. The number of aliphatic hydroxyl groups excluding tert-OH is 1. The number of rotatable bonds is 5. The van der Waals surface area contributed by atoms with Crippen molar-refractivity contribution in [3.05, 3.63) is 0 Å². The Balaban J connectivity index is 1.69. The molecular formula is C15H28N2O2. The quantitative estimate of drug-likeness (QED) is 0.821. The Morgan fingerprint density at radius 3 is 2.63 bits per heavy atom. The van der Waals surface area contributed by atoms with Crippen LogP contribution in [0.5, 0.6) is 0 Å². The molecule has 2 aliphatic heterocycles. The van der Waals surface area contributed by atoms with Gasteiger partial charge in [0.15, 0.2) is 0 Å². The van der Waals surface area contributed by atoms with Gasteiger partial charge in [-0.25, -0.2) is 0 Å². The Labute approximate surface area is 116 Å². The summed E-state index contributed by atoms with van der Waals surface area (Å²) in [6, 6.07) is 0. The van der Waals surface area contributed by atoms with E-state index in [0.717, 1.165) is 52.0 Å². The zero-order valence-corrected chi connectivity index (χ0v) is 12.2. The third-order valence-corrected chi connectivity index (χ3v) is 4.55. The van der Waals surface area contributed by atoms with E-state index in [9.17, 15) is 9.90 Å². The van der Waals surface area contributed by atoms with Crippen molar-refractivity contribution >= 4 is 5.91 Å². The molecule has 2 aliphatic rings. The maximum atomic E-state index is 11.8. The van der Waals surface area contributed by atoms with Gasteiger partial charge < -0.3 is 14.9 Å². The van der Waals surface area contributed by atoms with Crippen LogP contribution in [0.15, 0.2) is 0 Å². The molecule has 4 heteroatoms. The number of β-amino-alcohol motifs (C(OH)–C–C–N with tert-alkyl or cyclic N) is 1. The summed E-state index contributed by atoms with van der Waals surface area (Å²) in [5.41, 5.74) is 0. The summed E-state index contributed by atoms with van der Waals surface area (Å²) < 4.78 is 0. The van der Waals surface area contributed by atoms with E-state index in [1.165, 1.54) is 19.3 Å². The molecule has 0 unspecified atom stereocenters. The van der Waals surface area contributed by atoms with Crippen molar-refractivity contribution in [3.63, 3.8) is 0 Å². The van der Waals surface area contributed by atoms with Gasteiger partial charge >= 0.3 is 0 Å². The lowest BCUT2D eigenvalue weighted by Gasteiger charge is -2.36. The molecule has 0 spiro atoms. The number of carbonyl (C=O) groups is 1. The summed E-state index contributed by atoms with van der Waals surface area (Å²) in [4.78, 5) is 16.2. The van der Waals surface area contributed by atoms with Gasteiger partial charge in [0.05, 0.1) is 6.10 Å². The molecule has 1 amide bonds. The minimum Gasteiger partial charge on any atom is -0.392 e. The van der Waals surface area contributed by atoms with E-state index in [0.29, 0.717) is 11.8 Å². The highest BCUT2D eigenvalue weighted by molar-refractivity contribution is 5.76. The van der Waals surface area contributed by atoms with E-state index in [1.807, 2.05) is 6.92 Å². The number of carbonyl (C=O) groups excluding carboxylic acids is 1. The molecule has 2 heterocycles. The van der Waals surface area contributed by atoms with Crippen molar-refractivity contribution in [1.82, 2.24) is 9.80 Å². The Morgan fingerprint density at radius 1 is 1.26 bits per heavy atom. The van der Waals surface area contributed by atoms with Gasteiger partial charge in [-0.15, -0.1) is 0 Å². The minimum absolute atomic E-state index is 0.180. The highest BCUT2D eigenvalue weighted by atomic mass is 16.3. The van der Waals surface area contributed by atoms with Gasteiger partial charge in [0, 0.05) is 26.1 Å². The second kappa shape index (κ2) is 7.25. The van der Waals surface area contributed by atoms with Crippen molar-refractivity contribution < 1.29 is 9.90 Å². The fourth-order valence-corrected chi connectivity index (χ4v) is 3.15. The van der Waals surface area contributed by atoms with Crippen molar-refractivity contribution in [1.29, 1.82) is 0 Å². The molecule has 0 aromatic carbocycles. The Bertz CT molecular complexity index is 288. The number of aliphatic hydroxyl groups is 1. The lowest BCUT2D eigenvalue weighted by atomic mass is 9.95. The molecule has 4 nitrogen and oxygen atoms in total. The SMILES string of the molecule is CC[C@@H](O)CN1CCC(CN2CCCCC2=O)CC1. The van der Waals surface area contributed by atoms with Gasteiger partial charge in [-0.05, 0) is 51.1 Å². The van der Waals surface area contributed by atoms with Crippen LogP contribution in [0.3, 0.4) is 0 Å². The summed E-state index contributed by atoms with van der Waals surface area (Å²) in [5, 5.41) is 9.68. The lowest BCUT2D eigenvalue weighted by Crippen LogP contribution is -2.44. The number of hydrogen-bond donors (Lipinski definition) is 1. The van der Waals surface area contributed by atoms with Crippen LogP contribution in [-0.2, 0) is 4.79 Å². The van der Waals surface area contributed by atoms with E-state index in [1.54, 1.807) is 0 Å². The molecule has 0 aromatic rings. The standard InChI is InChI=1S/C15H28N2O2/c1-2-14(18)12-16-9-6-13(7-10-16)11-17-8-4-3-5-15(17)19/h13-14,18H,2-12H2,1H3/t14-/m1/s1. The molecule has 2 saturated heterocycles. The molecule has 0 saturated carbocycles. The molecule has 1 atom stereocenters. The molecule has 110 valence electrons. The van der Waals surface area contributed by atoms with Crippen molar-refractivity contribution in [2.75, 3.05) is 32.7 Å². The largest absolute Gasteiger partial charge is 0.392 e. The molecule has 0 aromatic heterocycles. The van der Waals surface area contributed by atoms with Crippen LogP contribution in [-0.4, -0.2) is 59.6 Å². The van der Waals surface area contributed by atoms with E-state index < -0.39 is 0 Å². The van der Waals surface area contributed by atoms with E-state index >= 15 is 0 Å². The van der Waals surface area contributed by atoms with Crippen molar-refractivity contribution in [3.8, 4) is 0 Å². The maximum Gasteiger partial charge on any atom is 0.222 e. The first kappa shape index (κ1) is 14.8. The van der Waals surface area contributed by atoms with Gasteiger partial charge in [0.1, 0.15) is 0 Å². The van der Waals surface area contributed by atoms with Gasteiger partial charge in [0.25, 0.3) is 0 Å². The van der Waals surface area contributed by atoms with Gasteiger partial charge in [0.2, 0.25) is 5.91 Å². The predicted octanol–water partition coefficient (Wildman–Crippen LogP) is 1.48. The van der Waals surface area contributed by atoms with Gasteiger partial charge in [-0.2, -0.15) is 0 Å². The lowest BCUT2D eigenvalue weighted by molar-refractivity contribution is -0.134. The van der Waals surface area contributed by atoms with Crippen molar-refractivity contribution in [2.24, 2.45) is 5.92 Å². The van der Waals surface area contributed by atoms with E-state index in [4.69, 9.17) is 0 Å². The average molecular weight is 268 g/mol. The van der Waals surface area contributed by atoms with Crippen LogP contribution < -0.4 is 0 Å². The number of amides is 1. The third kappa shape index (κ3) is 4.46. The Hall–Kier alpha value is -0.610. The Kier molecular flexibility index (Phi) is 5.64.